The van der Waals surface area contributed by atoms with Crippen LogP contribution in [-0.2, 0) is 0 Å². The minimum Gasteiger partial charge on any atom is -0.455 e. The summed E-state index contributed by atoms with van der Waals surface area (Å²) < 4.78 is 6.61. The quantitative estimate of drug-likeness (QED) is 0.165. The molecular formula is C50H33NO. The van der Waals surface area contributed by atoms with Gasteiger partial charge in [-0.05, 0) is 91.8 Å². The number of nitrogens with zero attached hydrogens (tertiary/aromatic N) is 1. The molecule has 0 spiro atoms. The van der Waals surface area contributed by atoms with Gasteiger partial charge in [0.1, 0.15) is 11.2 Å². The molecule has 10 rings (SSSR count). The molecule has 0 atom stereocenters. The predicted octanol–water partition coefficient (Wildman–Crippen LogP) is 14.4. The van der Waals surface area contributed by atoms with Crippen molar-refractivity contribution < 1.29 is 4.42 Å². The molecule has 0 aliphatic rings. The summed E-state index contributed by atoms with van der Waals surface area (Å²) >= 11 is 0. The van der Waals surface area contributed by atoms with Gasteiger partial charge in [-0.3, -0.25) is 0 Å². The van der Waals surface area contributed by atoms with Gasteiger partial charge in [0, 0.05) is 33.4 Å². The Labute approximate surface area is 302 Å². The molecule has 0 fully saturated rings. The molecule has 52 heavy (non-hydrogen) atoms. The minimum absolute atomic E-state index is 0.883. The van der Waals surface area contributed by atoms with E-state index in [0.29, 0.717) is 0 Å². The second kappa shape index (κ2) is 12.5. The summed E-state index contributed by atoms with van der Waals surface area (Å²) in [5.74, 6) is 0. The molecule has 0 saturated carbocycles. The monoisotopic (exact) mass is 663 g/mol. The fraction of sp³-hybridized carbons (Fsp3) is 0. The third-order valence-electron chi connectivity index (χ3n) is 10.2. The molecule has 0 aliphatic heterocycles. The Morgan fingerprint density at radius 3 is 1.54 bits per heavy atom. The fourth-order valence-corrected chi connectivity index (χ4v) is 7.75. The molecule has 2 nitrogen and oxygen atoms in total. The molecule has 2 heteroatoms. The number of anilines is 3. The van der Waals surface area contributed by atoms with Crippen molar-refractivity contribution in [1.82, 2.24) is 0 Å². The summed E-state index contributed by atoms with van der Waals surface area (Å²) in [5, 5.41) is 7.11. The van der Waals surface area contributed by atoms with Gasteiger partial charge >= 0.3 is 0 Å². The van der Waals surface area contributed by atoms with Crippen molar-refractivity contribution in [1.29, 1.82) is 0 Å². The van der Waals surface area contributed by atoms with Crippen LogP contribution < -0.4 is 4.90 Å². The van der Waals surface area contributed by atoms with Crippen LogP contribution in [0, 0.1) is 0 Å². The summed E-state index contributed by atoms with van der Waals surface area (Å²) in [7, 11) is 0. The van der Waals surface area contributed by atoms with E-state index in [1.54, 1.807) is 0 Å². The molecule has 0 saturated heterocycles. The standard InChI is InChI=1S/C50H33NO/c1-4-14-34(15-5-1)43-29-28-40(31-45(43)35-16-6-2-7-17-35)51(39-27-26-38-25-24-37-20-10-11-21-42(37)46(38)30-39)41-32-47(36-18-8-3-9-19-36)50-48(33-41)44-22-12-13-23-49(44)52-50/h1-33H. The normalized spacial score (nSPS) is 11.5. The highest BCUT2D eigenvalue weighted by molar-refractivity contribution is 6.12. The van der Waals surface area contributed by atoms with Gasteiger partial charge in [0.05, 0.1) is 0 Å². The number of fused-ring (bicyclic) bond motifs is 6. The number of furan rings is 1. The zero-order chi connectivity index (χ0) is 34.4. The van der Waals surface area contributed by atoms with E-state index in [1.165, 1.54) is 43.8 Å². The van der Waals surface area contributed by atoms with Gasteiger partial charge in [0.15, 0.2) is 0 Å². The molecule has 10 aromatic rings. The largest absolute Gasteiger partial charge is 0.455 e. The Bertz CT molecular complexity index is 2890. The Morgan fingerprint density at radius 2 is 0.808 bits per heavy atom. The summed E-state index contributed by atoms with van der Waals surface area (Å²) in [4.78, 5) is 2.41. The lowest BCUT2D eigenvalue weighted by molar-refractivity contribution is 0.670. The van der Waals surface area contributed by atoms with Crippen LogP contribution in [0.5, 0.6) is 0 Å². The lowest BCUT2D eigenvalue weighted by Crippen LogP contribution is -2.10. The maximum Gasteiger partial charge on any atom is 0.143 e. The molecule has 9 aromatic carbocycles. The molecular weight excluding hydrogens is 631 g/mol. The SMILES string of the molecule is c1ccc(-c2ccc(N(c3ccc4ccc5ccccc5c4c3)c3cc(-c4ccccc4)c4oc5ccccc5c4c3)cc2-c2ccccc2)cc1. The van der Waals surface area contributed by atoms with Gasteiger partial charge in [0.25, 0.3) is 0 Å². The van der Waals surface area contributed by atoms with Gasteiger partial charge in [-0.15, -0.1) is 0 Å². The molecule has 0 N–H and O–H groups in total. The van der Waals surface area contributed by atoms with E-state index in [2.05, 4.69) is 199 Å². The van der Waals surface area contributed by atoms with E-state index in [4.69, 9.17) is 4.42 Å². The molecule has 0 aliphatic carbocycles. The summed E-state index contributed by atoms with van der Waals surface area (Å²) in [6.45, 7) is 0. The molecule has 0 radical (unpaired) electrons. The first-order valence-corrected chi connectivity index (χ1v) is 17.8. The van der Waals surface area contributed by atoms with E-state index in [0.717, 1.165) is 50.1 Å². The third kappa shape index (κ3) is 5.12. The van der Waals surface area contributed by atoms with Crippen molar-refractivity contribution in [3.63, 3.8) is 0 Å². The number of hydrogen-bond acceptors (Lipinski definition) is 2. The molecule has 1 aromatic heterocycles. The van der Waals surface area contributed by atoms with E-state index >= 15 is 0 Å². The third-order valence-corrected chi connectivity index (χ3v) is 10.2. The Morgan fingerprint density at radius 1 is 0.308 bits per heavy atom. The van der Waals surface area contributed by atoms with Gasteiger partial charge in [-0.2, -0.15) is 0 Å². The van der Waals surface area contributed by atoms with Crippen LogP contribution in [0.1, 0.15) is 0 Å². The van der Waals surface area contributed by atoms with Crippen molar-refractivity contribution >= 4 is 60.5 Å². The van der Waals surface area contributed by atoms with E-state index in [1.807, 2.05) is 6.07 Å². The van der Waals surface area contributed by atoms with Crippen molar-refractivity contribution in [2.24, 2.45) is 0 Å². The van der Waals surface area contributed by atoms with Crippen LogP contribution in [0.2, 0.25) is 0 Å². The van der Waals surface area contributed by atoms with E-state index < -0.39 is 0 Å². The van der Waals surface area contributed by atoms with E-state index in [-0.39, 0.29) is 0 Å². The van der Waals surface area contributed by atoms with Crippen LogP contribution in [0.4, 0.5) is 17.1 Å². The van der Waals surface area contributed by atoms with Crippen molar-refractivity contribution in [3.05, 3.63) is 200 Å². The van der Waals surface area contributed by atoms with Crippen LogP contribution >= 0.6 is 0 Å². The molecule has 0 bridgehead atoms. The summed E-state index contributed by atoms with van der Waals surface area (Å²) in [6.07, 6.45) is 0. The molecule has 0 unspecified atom stereocenters. The first kappa shape index (κ1) is 30.0. The number of hydrogen-bond donors (Lipinski definition) is 0. The fourth-order valence-electron chi connectivity index (χ4n) is 7.75. The summed E-state index contributed by atoms with van der Waals surface area (Å²) in [5.41, 5.74) is 11.9. The predicted molar refractivity (Wildman–Crippen MR) is 220 cm³/mol. The highest BCUT2D eigenvalue weighted by Gasteiger charge is 2.21. The Balaban J connectivity index is 1.28. The van der Waals surface area contributed by atoms with Gasteiger partial charge in [-0.1, -0.05) is 158 Å². The van der Waals surface area contributed by atoms with Gasteiger partial charge in [-0.25, -0.2) is 0 Å². The lowest BCUT2D eigenvalue weighted by Gasteiger charge is -2.28. The molecule has 1 heterocycles. The average Bonchev–Trinajstić information content (AvgIpc) is 3.60. The number of para-hydroxylation sites is 1. The zero-order valence-electron chi connectivity index (χ0n) is 28.4. The Kier molecular flexibility index (Phi) is 7.18. The number of rotatable bonds is 6. The van der Waals surface area contributed by atoms with Crippen molar-refractivity contribution in [3.8, 4) is 33.4 Å². The van der Waals surface area contributed by atoms with Crippen LogP contribution in [0.15, 0.2) is 205 Å². The lowest BCUT2D eigenvalue weighted by atomic mass is 9.93. The maximum atomic E-state index is 6.61. The highest BCUT2D eigenvalue weighted by Crippen LogP contribution is 2.46. The van der Waals surface area contributed by atoms with Crippen LogP contribution in [-0.4, -0.2) is 0 Å². The highest BCUT2D eigenvalue weighted by atomic mass is 16.3. The topological polar surface area (TPSA) is 16.4 Å². The summed E-state index contributed by atoms with van der Waals surface area (Å²) in [6, 6.07) is 71.8. The van der Waals surface area contributed by atoms with Crippen molar-refractivity contribution in [2.75, 3.05) is 4.90 Å². The van der Waals surface area contributed by atoms with Gasteiger partial charge < -0.3 is 9.32 Å². The van der Waals surface area contributed by atoms with Crippen LogP contribution in [0.25, 0.3) is 76.9 Å². The maximum absolute atomic E-state index is 6.61. The number of benzene rings is 9. The molecule has 244 valence electrons. The van der Waals surface area contributed by atoms with Crippen molar-refractivity contribution in [2.45, 2.75) is 0 Å². The van der Waals surface area contributed by atoms with Gasteiger partial charge in [0.2, 0.25) is 0 Å². The average molecular weight is 664 g/mol. The first-order chi connectivity index (χ1) is 25.8. The van der Waals surface area contributed by atoms with Crippen LogP contribution in [0.3, 0.4) is 0 Å². The smallest absolute Gasteiger partial charge is 0.143 e. The second-order valence-corrected chi connectivity index (χ2v) is 13.3. The Hall–Kier alpha value is -6.90. The molecule has 0 amide bonds. The second-order valence-electron chi connectivity index (χ2n) is 13.3. The zero-order valence-corrected chi connectivity index (χ0v) is 28.4. The first-order valence-electron chi connectivity index (χ1n) is 17.8. The minimum atomic E-state index is 0.883. The van der Waals surface area contributed by atoms with E-state index in [9.17, 15) is 0 Å².